The van der Waals surface area contributed by atoms with Gasteiger partial charge in [-0.2, -0.15) is 11.6 Å². The third-order valence-corrected chi connectivity index (χ3v) is 4.86. The quantitative estimate of drug-likeness (QED) is 0.293. The van der Waals surface area contributed by atoms with Crippen LogP contribution in [0.3, 0.4) is 0 Å². The molecule has 3 aromatic carbocycles. The average Bonchev–Trinajstić information content (AvgIpc) is 3.06. The van der Waals surface area contributed by atoms with Crippen molar-refractivity contribution in [3.63, 3.8) is 0 Å². The van der Waals surface area contributed by atoms with E-state index in [0.29, 0.717) is 0 Å². The van der Waals surface area contributed by atoms with Crippen molar-refractivity contribution in [3.05, 3.63) is 101 Å². The van der Waals surface area contributed by atoms with Crippen molar-refractivity contribution < 1.29 is 58.9 Å². The van der Waals surface area contributed by atoms with Gasteiger partial charge in [0.25, 0.3) is 0 Å². The second-order valence-electron chi connectivity index (χ2n) is 7.46. The summed E-state index contributed by atoms with van der Waals surface area (Å²) >= 11 is 0. The number of halogens is 3. The Morgan fingerprint density at radius 2 is 1.00 bits per heavy atom. The first-order chi connectivity index (χ1) is 10.9. The predicted molar refractivity (Wildman–Crippen MR) is 99.2 cm³/mol. The molecule has 0 saturated carbocycles. The van der Waals surface area contributed by atoms with Crippen LogP contribution in [0.1, 0.15) is 49.9 Å². The van der Waals surface area contributed by atoms with Crippen molar-refractivity contribution in [1.82, 2.24) is 0 Å². The van der Waals surface area contributed by atoms with Crippen molar-refractivity contribution in [2.45, 2.75) is 38.5 Å². The monoisotopic (exact) mass is 454 g/mol. The average molecular weight is 456 g/mol. The zero-order valence-electron chi connectivity index (χ0n) is 16.1. The Labute approximate surface area is 197 Å². The molecule has 142 valence electrons. The minimum atomic E-state index is -0.144. The van der Waals surface area contributed by atoms with Gasteiger partial charge in [0.1, 0.15) is 0 Å². The van der Waals surface area contributed by atoms with Crippen LogP contribution in [0.2, 0.25) is 0 Å². The summed E-state index contributed by atoms with van der Waals surface area (Å²) in [4.78, 5) is 0. The van der Waals surface area contributed by atoms with Gasteiger partial charge in [0, 0.05) is 0 Å². The Kier molecular flexibility index (Phi) is 12.1. The Hall–Kier alpha value is -0.626. The van der Waals surface area contributed by atoms with Crippen LogP contribution in [0.25, 0.3) is 0 Å². The van der Waals surface area contributed by atoms with E-state index in [1.807, 2.05) is 0 Å². The zero-order chi connectivity index (χ0) is 16.5. The minimum absolute atomic E-state index is 0. The van der Waals surface area contributed by atoms with Gasteiger partial charge in [-0.15, -0.1) is 5.56 Å². The summed E-state index contributed by atoms with van der Waals surface area (Å²) in [5.41, 5.74) is 5.49. The Morgan fingerprint density at radius 1 is 0.593 bits per heavy atom. The summed E-state index contributed by atoms with van der Waals surface area (Å²) in [6.07, 6.45) is 0. The van der Waals surface area contributed by atoms with E-state index in [0.717, 1.165) is 0 Å². The molecule has 0 nitrogen and oxygen atoms in total. The van der Waals surface area contributed by atoms with Crippen LogP contribution in [-0.4, -0.2) is 0 Å². The molecular formula is C23H25Cl3Ti. The van der Waals surface area contributed by atoms with E-state index in [1.54, 1.807) is 0 Å². The van der Waals surface area contributed by atoms with Crippen molar-refractivity contribution in [1.29, 1.82) is 0 Å². The van der Waals surface area contributed by atoms with Gasteiger partial charge in [0.15, 0.2) is 0 Å². The van der Waals surface area contributed by atoms with E-state index in [9.17, 15) is 0 Å². The van der Waals surface area contributed by atoms with Crippen LogP contribution in [0.5, 0.6) is 0 Å². The van der Waals surface area contributed by atoms with Crippen molar-refractivity contribution in [2.75, 3.05) is 0 Å². The fourth-order valence-electron chi connectivity index (χ4n) is 3.53. The van der Waals surface area contributed by atoms with Crippen molar-refractivity contribution >= 4 is 0 Å². The maximum absolute atomic E-state index is 2.35. The Bertz CT molecular complexity index is 735. The first kappa shape index (κ1) is 28.6. The molecule has 0 aliphatic rings. The first-order valence-electron chi connectivity index (χ1n) is 8.32. The fraction of sp³-hybridized carbons (Fsp3) is 0.261. The standard InChI is InChI=1S/C23H25.3ClH.Ti/c1-22(2,3)20-16-11-17-21(20)23(4,18-12-7-5-8-13-18)19-14-9-6-10-15-19;;;;/h5-17H,1-4H3;3*1H;/q-1;;;;+4/p-3. The third kappa shape index (κ3) is 5.69. The molecule has 0 aromatic heterocycles. The van der Waals surface area contributed by atoms with E-state index >= 15 is 0 Å². The molecule has 0 heterocycles. The number of rotatable bonds is 3. The molecule has 0 bridgehead atoms. The molecular weight excluding hydrogens is 430 g/mol. The second-order valence-corrected chi connectivity index (χ2v) is 7.46. The van der Waals surface area contributed by atoms with E-state index in [2.05, 4.69) is 107 Å². The molecule has 3 rings (SSSR count). The molecule has 3 aromatic rings. The third-order valence-electron chi connectivity index (χ3n) is 4.86. The van der Waals surface area contributed by atoms with E-state index in [-0.39, 0.29) is 69.8 Å². The van der Waals surface area contributed by atoms with Gasteiger partial charge in [-0.25, -0.2) is 12.1 Å². The van der Waals surface area contributed by atoms with Crippen LogP contribution in [0.15, 0.2) is 78.9 Å². The van der Waals surface area contributed by atoms with Gasteiger partial charge in [-0.3, -0.25) is 0 Å². The van der Waals surface area contributed by atoms with Gasteiger partial charge >= 0.3 is 21.7 Å². The van der Waals surface area contributed by atoms with E-state index < -0.39 is 0 Å². The topological polar surface area (TPSA) is 0 Å². The van der Waals surface area contributed by atoms with Gasteiger partial charge in [0.2, 0.25) is 0 Å². The molecule has 0 N–H and O–H groups in total. The van der Waals surface area contributed by atoms with Crippen LogP contribution in [-0.2, 0) is 32.5 Å². The molecule has 0 radical (unpaired) electrons. The Balaban J connectivity index is 0. The molecule has 0 unspecified atom stereocenters. The summed E-state index contributed by atoms with van der Waals surface area (Å²) in [5, 5.41) is 0. The second kappa shape index (κ2) is 11.4. The van der Waals surface area contributed by atoms with Gasteiger partial charge in [0.05, 0.1) is 0 Å². The first-order valence-corrected chi connectivity index (χ1v) is 8.32. The number of hydrogen-bond donors (Lipinski definition) is 0. The maximum atomic E-state index is 2.35. The Morgan fingerprint density at radius 3 is 1.37 bits per heavy atom. The zero-order valence-corrected chi connectivity index (χ0v) is 20.0. The van der Waals surface area contributed by atoms with E-state index in [4.69, 9.17) is 0 Å². The molecule has 0 amide bonds. The van der Waals surface area contributed by atoms with Crippen LogP contribution < -0.4 is 37.2 Å². The van der Waals surface area contributed by atoms with Crippen LogP contribution in [0.4, 0.5) is 0 Å². The SMILES string of the molecule is CC(C)(C)c1ccc[c-]1C(C)(c1ccccc1)c1ccccc1.[Cl-].[Cl-].[Cl-].[Ti+4]. The number of hydrogen-bond acceptors (Lipinski definition) is 0. The molecule has 0 aliphatic carbocycles. The molecule has 0 saturated heterocycles. The van der Waals surface area contributed by atoms with E-state index in [1.165, 1.54) is 22.3 Å². The predicted octanol–water partition coefficient (Wildman–Crippen LogP) is -2.93. The summed E-state index contributed by atoms with van der Waals surface area (Å²) in [6.45, 7) is 9.23. The molecule has 0 fully saturated rings. The molecule has 27 heavy (non-hydrogen) atoms. The summed E-state index contributed by atoms with van der Waals surface area (Å²) in [6, 6.07) is 28.5. The summed E-state index contributed by atoms with van der Waals surface area (Å²) < 4.78 is 0. The van der Waals surface area contributed by atoms with Crippen LogP contribution in [0, 0.1) is 0 Å². The summed E-state index contributed by atoms with van der Waals surface area (Å²) in [7, 11) is 0. The van der Waals surface area contributed by atoms with Crippen LogP contribution >= 0.6 is 0 Å². The molecule has 0 aliphatic heterocycles. The molecule has 0 atom stereocenters. The smallest absolute Gasteiger partial charge is 1.00 e. The van der Waals surface area contributed by atoms with Gasteiger partial charge in [-0.1, -0.05) is 88.4 Å². The largest absolute Gasteiger partial charge is 4.00 e. The maximum Gasteiger partial charge on any atom is 4.00 e. The normalized spacial score (nSPS) is 10.5. The summed E-state index contributed by atoms with van der Waals surface area (Å²) in [5.74, 6) is 0. The number of benzene rings is 2. The molecule has 4 heteroatoms. The fourth-order valence-corrected chi connectivity index (χ4v) is 3.53. The van der Waals surface area contributed by atoms with Gasteiger partial charge < -0.3 is 37.2 Å². The van der Waals surface area contributed by atoms with Crippen molar-refractivity contribution in [2.24, 2.45) is 0 Å². The van der Waals surface area contributed by atoms with Gasteiger partial charge in [-0.05, 0) is 22.0 Å². The molecule has 0 spiro atoms. The van der Waals surface area contributed by atoms with Crippen molar-refractivity contribution in [3.8, 4) is 0 Å². The minimum Gasteiger partial charge on any atom is -1.00 e.